The zero-order chi connectivity index (χ0) is 17.6. The highest BCUT2D eigenvalue weighted by molar-refractivity contribution is 8.00. The molecule has 1 aromatic carbocycles. The molecule has 0 unspecified atom stereocenters. The van der Waals surface area contributed by atoms with Crippen LogP contribution in [0.5, 0.6) is 0 Å². The molecule has 0 aliphatic rings. The number of hydrogen-bond acceptors (Lipinski definition) is 10. The van der Waals surface area contributed by atoms with Crippen LogP contribution in [0.15, 0.2) is 28.6 Å². The van der Waals surface area contributed by atoms with Crippen molar-refractivity contribution in [2.45, 2.75) is 17.0 Å². The Labute approximate surface area is 151 Å². The molecule has 0 aliphatic carbocycles. The number of anilines is 4. The topological polar surface area (TPSA) is 115 Å². The Morgan fingerprint density at radius 3 is 2.72 bits per heavy atom. The molecule has 0 saturated carbocycles. The number of nitrogens with two attached hydrogens (primary N) is 1. The monoisotopic (exact) mass is 378 g/mol. The first kappa shape index (κ1) is 17.3. The van der Waals surface area contributed by atoms with Gasteiger partial charge in [-0.25, -0.2) is 4.39 Å². The van der Waals surface area contributed by atoms with E-state index < -0.39 is 0 Å². The van der Waals surface area contributed by atoms with Gasteiger partial charge in [-0.2, -0.15) is 15.0 Å². The summed E-state index contributed by atoms with van der Waals surface area (Å²) in [6.07, 6.45) is 0. The standard InChI is InChI=1S/C14H15FN8S2/c1-2-17-13-22-23-14(25-13)24-7-10-19-11(16)21-12(20-10)18-9-5-3-8(15)4-6-9/h3-6H,2,7H2,1H3,(H,17,22)(H3,16,18,19,20,21). The lowest BCUT2D eigenvalue weighted by Crippen LogP contribution is -2.06. The smallest absolute Gasteiger partial charge is 0.232 e. The molecule has 0 spiro atoms. The molecule has 0 bridgehead atoms. The first-order valence-electron chi connectivity index (χ1n) is 7.35. The Hall–Kier alpha value is -2.53. The highest BCUT2D eigenvalue weighted by atomic mass is 32.2. The van der Waals surface area contributed by atoms with Crippen LogP contribution in [0.3, 0.4) is 0 Å². The van der Waals surface area contributed by atoms with Gasteiger partial charge in [0.15, 0.2) is 4.34 Å². The van der Waals surface area contributed by atoms with Crippen molar-refractivity contribution in [3.63, 3.8) is 0 Å². The van der Waals surface area contributed by atoms with E-state index in [1.54, 1.807) is 12.1 Å². The van der Waals surface area contributed by atoms with Gasteiger partial charge in [0.1, 0.15) is 11.6 Å². The molecule has 4 N–H and O–H groups in total. The van der Waals surface area contributed by atoms with Crippen molar-refractivity contribution in [3.8, 4) is 0 Å². The van der Waals surface area contributed by atoms with E-state index in [0.29, 0.717) is 23.2 Å². The molecule has 11 heteroatoms. The quantitative estimate of drug-likeness (QED) is 0.534. The van der Waals surface area contributed by atoms with Crippen LogP contribution in [0.25, 0.3) is 0 Å². The van der Waals surface area contributed by atoms with Crippen LogP contribution < -0.4 is 16.4 Å². The van der Waals surface area contributed by atoms with Crippen molar-refractivity contribution in [3.05, 3.63) is 35.9 Å². The molecule has 0 fully saturated rings. The van der Waals surface area contributed by atoms with Crippen LogP contribution in [0.2, 0.25) is 0 Å². The molecule has 0 aliphatic heterocycles. The predicted molar refractivity (Wildman–Crippen MR) is 97.6 cm³/mol. The van der Waals surface area contributed by atoms with Crippen LogP contribution in [-0.2, 0) is 5.75 Å². The van der Waals surface area contributed by atoms with E-state index in [-0.39, 0.29) is 11.8 Å². The van der Waals surface area contributed by atoms with Gasteiger partial charge in [0.2, 0.25) is 17.0 Å². The Morgan fingerprint density at radius 2 is 1.96 bits per heavy atom. The molecular formula is C14H15FN8S2. The molecular weight excluding hydrogens is 363 g/mol. The van der Waals surface area contributed by atoms with Gasteiger partial charge in [-0.15, -0.1) is 10.2 Å². The van der Waals surface area contributed by atoms with Gasteiger partial charge in [0, 0.05) is 12.2 Å². The lowest BCUT2D eigenvalue weighted by molar-refractivity contribution is 0.628. The summed E-state index contributed by atoms with van der Waals surface area (Å²) in [6, 6.07) is 5.88. The zero-order valence-electron chi connectivity index (χ0n) is 13.2. The number of nitrogens with zero attached hydrogens (tertiary/aromatic N) is 5. The molecule has 0 saturated heterocycles. The number of rotatable bonds is 7. The van der Waals surface area contributed by atoms with Crippen molar-refractivity contribution in [1.82, 2.24) is 25.1 Å². The SMILES string of the molecule is CCNc1nnc(SCc2nc(N)nc(Nc3ccc(F)cc3)n2)s1. The number of nitrogens with one attached hydrogen (secondary N) is 2. The average molecular weight is 378 g/mol. The highest BCUT2D eigenvalue weighted by Crippen LogP contribution is 2.27. The minimum Gasteiger partial charge on any atom is -0.368 e. The van der Waals surface area contributed by atoms with Gasteiger partial charge in [-0.1, -0.05) is 23.1 Å². The summed E-state index contributed by atoms with van der Waals surface area (Å²) in [5, 5.41) is 15.0. The molecule has 3 aromatic rings. The average Bonchev–Trinajstić information content (AvgIpc) is 3.03. The fourth-order valence-electron chi connectivity index (χ4n) is 1.84. The van der Waals surface area contributed by atoms with Crippen molar-refractivity contribution >= 4 is 45.8 Å². The van der Waals surface area contributed by atoms with Crippen molar-refractivity contribution < 1.29 is 4.39 Å². The van der Waals surface area contributed by atoms with Crippen LogP contribution >= 0.6 is 23.1 Å². The number of benzene rings is 1. The van der Waals surface area contributed by atoms with E-state index in [2.05, 4.69) is 35.8 Å². The minimum atomic E-state index is -0.313. The second-order valence-electron chi connectivity index (χ2n) is 4.76. The molecule has 0 atom stereocenters. The largest absolute Gasteiger partial charge is 0.368 e. The molecule has 2 heterocycles. The maximum atomic E-state index is 13.0. The van der Waals surface area contributed by atoms with Crippen LogP contribution in [0.1, 0.15) is 12.7 Å². The fourth-order valence-corrected chi connectivity index (χ4v) is 3.51. The number of halogens is 1. The van der Waals surface area contributed by atoms with Crippen LogP contribution in [0, 0.1) is 5.82 Å². The Balaban J connectivity index is 1.67. The summed E-state index contributed by atoms with van der Waals surface area (Å²) in [5.74, 6) is 1.10. The van der Waals surface area contributed by atoms with Gasteiger partial charge >= 0.3 is 0 Å². The third-order valence-corrected chi connectivity index (χ3v) is 4.87. The van der Waals surface area contributed by atoms with E-state index in [4.69, 9.17) is 5.73 Å². The first-order valence-corrected chi connectivity index (χ1v) is 9.16. The Bertz CT molecular complexity index is 839. The van der Waals surface area contributed by atoms with E-state index in [0.717, 1.165) is 16.0 Å². The van der Waals surface area contributed by atoms with Gasteiger partial charge < -0.3 is 16.4 Å². The number of hydrogen-bond donors (Lipinski definition) is 3. The van der Waals surface area contributed by atoms with E-state index in [9.17, 15) is 4.39 Å². The van der Waals surface area contributed by atoms with Crippen molar-refractivity contribution in [1.29, 1.82) is 0 Å². The second kappa shape index (κ2) is 8.03. The summed E-state index contributed by atoms with van der Waals surface area (Å²) in [6.45, 7) is 2.79. The second-order valence-corrected chi connectivity index (χ2v) is 6.96. The number of aromatic nitrogens is 5. The Morgan fingerprint density at radius 1 is 1.16 bits per heavy atom. The van der Waals surface area contributed by atoms with Crippen LogP contribution in [0.4, 0.5) is 27.1 Å². The molecule has 0 radical (unpaired) electrons. The lowest BCUT2D eigenvalue weighted by Gasteiger charge is -2.06. The first-order chi connectivity index (χ1) is 12.1. The van der Waals surface area contributed by atoms with E-state index in [1.807, 2.05) is 6.92 Å². The predicted octanol–water partition coefficient (Wildman–Crippen LogP) is 2.91. The number of thioether (sulfide) groups is 1. The maximum absolute atomic E-state index is 13.0. The third-order valence-electron chi connectivity index (χ3n) is 2.86. The summed E-state index contributed by atoms with van der Waals surface area (Å²) < 4.78 is 13.8. The molecule has 130 valence electrons. The summed E-state index contributed by atoms with van der Waals surface area (Å²) in [7, 11) is 0. The van der Waals surface area contributed by atoms with Gasteiger partial charge in [0.25, 0.3) is 0 Å². The fraction of sp³-hybridized carbons (Fsp3) is 0.214. The van der Waals surface area contributed by atoms with E-state index >= 15 is 0 Å². The molecule has 25 heavy (non-hydrogen) atoms. The normalized spacial score (nSPS) is 10.6. The lowest BCUT2D eigenvalue weighted by atomic mass is 10.3. The zero-order valence-corrected chi connectivity index (χ0v) is 14.9. The number of nitrogen functional groups attached to an aromatic ring is 1. The minimum absolute atomic E-state index is 0.112. The Kier molecular flexibility index (Phi) is 5.56. The van der Waals surface area contributed by atoms with Gasteiger partial charge in [0.05, 0.1) is 5.75 Å². The molecule has 3 rings (SSSR count). The van der Waals surface area contributed by atoms with Crippen molar-refractivity contribution in [2.75, 3.05) is 22.9 Å². The summed E-state index contributed by atoms with van der Waals surface area (Å²) >= 11 is 2.93. The summed E-state index contributed by atoms with van der Waals surface area (Å²) in [5.41, 5.74) is 6.40. The van der Waals surface area contributed by atoms with Gasteiger partial charge in [-0.3, -0.25) is 0 Å². The van der Waals surface area contributed by atoms with Crippen molar-refractivity contribution in [2.24, 2.45) is 0 Å². The van der Waals surface area contributed by atoms with Crippen LogP contribution in [-0.4, -0.2) is 31.7 Å². The molecule has 8 nitrogen and oxygen atoms in total. The highest BCUT2D eigenvalue weighted by Gasteiger charge is 2.09. The maximum Gasteiger partial charge on any atom is 0.232 e. The third kappa shape index (κ3) is 4.97. The van der Waals surface area contributed by atoms with Gasteiger partial charge in [-0.05, 0) is 31.2 Å². The molecule has 0 amide bonds. The van der Waals surface area contributed by atoms with E-state index in [1.165, 1.54) is 35.2 Å². The summed E-state index contributed by atoms with van der Waals surface area (Å²) in [4.78, 5) is 12.5. The molecule has 2 aromatic heterocycles.